The molecule has 31 heavy (non-hydrogen) atoms. The van der Waals surface area contributed by atoms with E-state index in [1.54, 1.807) is 4.57 Å². The Hall–Kier alpha value is -3.54. The predicted molar refractivity (Wildman–Crippen MR) is 125 cm³/mol. The molecule has 0 aliphatic carbocycles. The highest BCUT2D eigenvalue weighted by molar-refractivity contribution is 6.05. The number of aromatic nitrogens is 5. The molecule has 6 heteroatoms. The maximum Gasteiger partial charge on any atom is 0.265 e. The minimum absolute atomic E-state index is 0.0386. The highest BCUT2D eigenvalue weighted by Gasteiger charge is 2.21. The van der Waals surface area contributed by atoms with Crippen molar-refractivity contribution in [1.82, 2.24) is 24.1 Å². The summed E-state index contributed by atoms with van der Waals surface area (Å²) in [5.41, 5.74) is 4.33. The quantitative estimate of drug-likeness (QED) is 0.362. The fraction of sp³-hybridized carbons (Fsp3) is 0.280. The van der Waals surface area contributed by atoms with E-state index in [0.717, 1.165) is 35.4 Å². The largest absolute Gasteiger partial charge is 0.296 e. The van der Waals surface area contributed by atoms with E-state index in [9.17, 15) is 4.79 Å². The number of fused-ring (bicyclic) bond motifs is 4. The molecule has 6 nitrogen and oxygen atoms in total. The second kappa shape index (κ2) is 7.95. The summed E-state index contributed by atoms with van der Waals surface area (Å²) in [5.74, 6) is 0.721. The van der Waals surface area contributed by atoms with E-state index in [4.69, 9.17) is 15.0 Å². The minimum Gasteiger partial charge on any atom is -0.296 e. The lowest BCUT2D eigenvalue weighted by Gasteiger charge is -2.10. The average Bonchev–Trinajstić information content (AvgIpc) is 3.10. The summed E-state index contributed by atoms with van der Waals surface area (Å²) < 4.78 is 3.75. The van der Waals surface area contributed by atoms with E-state index in [1.807, 2.05) is 66.1 Å². The van der Waals surface area contributed by atoms with Gasteiger partial charge in [0.25, 0.3) is 5.56 Å². The first kappa shape index (κ1) is 19.4. The first-order valence-corrected chi connectivity index (χ1v) is 10.9. The number of hydrogen-bond donors (Lipinski definition) is 0. The summed E-state index contributed by atoms with van der Waals surface area (Å²) >= 11 is 0. The topological polar surface area (TPSA) is 65.6 Å². The number of benzene rings is 2. The van der Waals surface area contributed by atoms with E-state index in [1.165, 1.54) is 12.8 Å². The van der Waals surface area contributed by atoms with Crippen LogP contribution < -0.4 is 5.56 Å². The standard InChI is InChI=1S/C25H25N5O/c1-3-4-5-11-16-29-17(2)26-23-21(25(29)31)22-24(30(23)18-12-7-6-8-13-18)28-20-15-10-9-14-19(20)27-22/h6-10,12-15H,3-5,11,16H2,1-2H3. The highest BCUT2D eigenvalue weighted by atomic mass is 16.1. The van der Waals surface area contributed by atoms with Crippen LogP contribution in [0.3, 0.4) is 0 Å². The van der Waals surface area contributed by atoms with Crippen molar-refractivity contribution in [1.29, 1.82) is 0 Å². The molecule has 0 aliphatic heterocycles. The van der Waals surface area contributed by atoms with Gasteiger partial charge in [0, 0.05) is 12.2 Å². The normalized spacial score (nSPS) is 11.7. The van der Waals surface area contributed by atoms with Gasteiger partial charge in [0.15, 0.2) is 11.3 Å². The summed E-state index contributed by atoms with van der Waals surface area (Å²) in [6.45, 7) is 4.77. The third-order valence-electron chi connectivity index (χ3n) is 5.80. The monoisotopic (exact) mass is 411 g/mol. The van der Waals surface area contributed by atoms with Gasteiger partial charge in [-0.1, -0.05) is 56.5 Å². The van der Waals surface area contributed by atoms with Crippen LogP contribution in [0.15, 0.2) is 59.4 Å². The number of aryl methyl sites for hydroxylation is 1. The van der Waals surface area contributed by atoms with Gasteiger partial charge >= 0.3 is 0 Å². The van der Waals surface area contributed by atoms with Crippen molar-refractivity contribution < 1.29 is 0 Å². The van der Waals surface area contributed by atoms with Crippen LogP contribution in [0, 0.1) is 6.92 Å². The minimum atomic E-state index is -0.0386. The van der Waals surface area contributed by atoms with Gasteiger partial charge in [-0.3, -0.25) is 13.9 Å². The molecular weight excluding hydrogens is 386 g/mol. The van der Waals surface area contributed by atoms with Gasteiger partial charge in [-0.05, 0) is 37.6 Å². The van der Waals surface area contributed by atoms with Gasteiger partial charge in [-0.15, -0.1) is 0 Å². The third-order valence-corrected chi connectivity index (χ3v) is 5.80. The summed E-state index contributed by atoms with van der Waals surface area (Å²) in [6.07, 6.45) is 4.41. The number of nitrogens with zero attached hydrogens (tertiary/aromatic N) is 5. The first-order valence-electron chi connectivity index (χ1n) is 10.9. The molecule has 5 aromatic rings. The van der Waals surface area contributed by atoms with Gasteiger partial charge in [-0.2, -0.15) is 0 Å². The molecule has 0 N–H and O–H groups in total. The van der Waals surface area contributed by atoms with Crippen molar-refractivity contribution in [3.63, 3.8) is 0 Å². The van der Waals surface area contributed by atoms with Gasteiger partial charge in [0.1, 0.15) is 16.7 Å². The smallest absolute Gasteiger partial charge is 0.265 e. The number of hydrogen-bond acceptors (Lipinski definition) is 4. The first-order chi connectivity index (χ1) is 15.2. The Bertz CT molecular complexity index is 1450. The maximum atomic E-state index is 13.6. The molecule has 2 aromatic carbocycles. The fourth-order valence-corrected chi connectivity index (χ4v) is 4.21. The second-order valence-electron chi connectivity index (χ2n) is 7.93. The van der Waals surface area contributed by atoms with Crippen molar-refractivity contribution in [3.05, 3.63) is 70.8 Å². The Kier molecular flexibility index (Phi) is 4.98. The molecule has 0 spiro atoms. The zero-order valence-corrected chi connectivity index (χ0v) is 17.9. The van der Waals surface area contributed by atoms with Crippen LogP contribution in [0.2, 0.25) is 0 Å². The zero-order valence-electron chi connectivity index (χ0n) is 17.9. The van der Waals surface area contributed by atoms with Crippen molar-refractivity contribution in [3.8, 4) is 5.69 Å². The predicted octanol–water partition coefficient (Wildman–Crippen LogP) is 5.17. The Morgan fingerprint density at radius 1 is 0.806 bits per heavy atom. The number of rotatable bonds is 6. The van der Waals surface area contributed by atoms with Gasteiger partial charge in [0.05, 0.1) is 11.0 Å². The molecule has 0 aliphatic rings. The fourth-order valence-electron chi connectivity index (χ4n) is 4.21. The van der Waals surface area contributed by atoms with E-state index < -0.39 is 0 Å². The third kappa shape index (κ3) is 3.28. The highest BCUT2D eigenvalue weighted by Crippen LogP contribution is 2.28. The molecule has 0 saturated heterocycles. The number of unbranched alkanes of at least 4 members (excludes halogenated alkanes) is 3. The van der Waals surface area contributed by atoms with Crippen LogP contribution in [-0.4, -0.2) is 24.1 Å². The van der Waals surface area contributed by atoms with Crippen molar-refractivity contribution in [2.75, 3.05) is 0 Å². The van der Waals surface area contributed by atoms with Crippen LogP contribution in [-0.2, 0) is 6.54 Å². The molecule has 156 valence electrons. The lowest BCUT2D eigenvalue weighted by molar-refractivity contribution is 0.556. The summed E-state index contributed by atoms with van der Waals surface area (Å²) in [4.78, 5) is 28.3. The summed E-state index contributed by atoms with van der Waals surface area (Å²) in [5, 5.41) is 0.540. The molecule has 0 fully saturated rings. The van der Waals surface area contributed by atoms with Crippen LogP contribution in [0.1, 0.15) is 38.4 Å². The van der Waals surface area contributed by atoms with Crippen molar-refractivity contribution >= 4 is 33.2 Å². The second-order valence-corrected chi connectivity index (χ2v) is 7.93. The Morgan fingerprint density at radius 3 is 2.26 bits per heavy atom. The van der Waals surface area contributed by atoms with Crippen LogP contribution in [0.4, 0.5) is 0 Å². The molecule has 0 saturated carbocycles. The van der Waals surface area contributed by atoms with E-state index >= 15 is 0 Å². The van der Waals surface area contributed by atoms with Gasteiger partial charge in [0.2, 0.25) is 0 Å². The van der Waals surface area contributed by atoms with Crippen LogP contribution in [0.25, 0.3) is 38.9 Å². The van der Waals surface area contributed by atoms with Crippen molar-refractivity contribution in [2.24, 2.45) is 0 Å². The van der Waals surface area contributed by atoms with Crippen LogP contribution in [0.5, 0.6) is 0 Å². The Morgan fingerprint density at radius 2 is 1.52 bits per heavy atom. The Labute approximate surface area is 180 Å². The average molecular weight is 412 g/mol. The molecule has 0 bridgehead atoms. The molecule has 3 heterocycles. The van der Waals surface area contributed by atoms with Gasteiger partial charge in [-0.25, -0.2) is 15.0 Å². The molecule has 3 aromatic heterocycles. The van der Waals surface area contributed by atoms with Crippen molar-refractivity contribution in [2.45, 2.75) is 46.1 Å². The molecule has 0 unspecified atom stereocenters. The van der Waals surface area contributed by atoms with E-state index in [2.05, 4.69) is 6.92 Å². The zero-order chi connectivity index (χ0) is 21.4. The van der Waals surface area contributed by atoms with E-state index in [-0.39, 0.29) is 5.56 Å². The molecule has 5 rings (SSSR count). The summed E-state index contributed by atoms with van der Waals surface area (Å²) in [6, 6.07) is 17.7. The number of para-hydroxylation sites is 3. The lowest BCUT2D eigenvalue weighted by atomic mass is 10.2. The molecule has 0 radical (unpaired) electrons. The summed E-state index contributed by atoms with van der Waals surface area (Å²) in [7, 11) is 0. The molecular formula is C25H25N5O. The SMILES string of the molecule is CCCCCCn1c(C)nc2c(c1=O)c1nc3ccccc3nc1n2-c1ccccc1. The van der Waals surface area contributed by atoms with Crippen LogP contribution >= 0.6 is 0 Å². The molecule has 0 amide bonds. The molecule has 0 atom stereocenters. The van der Waals surface area contributed by atoms with Gasteiger partial charge < -0.3 is 0 Å². The lowest BCUT2D eigenvalue weighted by Crippen LogP contribution is -2.24. The van der Waals surface area contributed by atoms with E-state index in [0.29, 0.717) is 28.7 Å². The maximum absolute atomic E-state index is 13.6. The Balaban J connectivity index is 1.84.